The van der Waals surface area contributed by atoms with Gasteiger partial charge >= 0.3 is 0 Å². The van der Waals surface area contributed by atoms with Gasteiger partial charge < -0.3 is 9.55 Å². The number of hydrogen-bond donors (Lipinski definition) is 1. The Morgan fingerprint density at radius 1 is 0.879 bits per heavy atom. The highest BCUT2D eigenvalue weighted by atomic mass is 32.1. The zero-order chi connectivity index (χ0) is 22.2. The summed E-state index contributed by atoms with van der Waals surface area (Å²) in [4.78, 5) is 14.6. The van der Waals surface area contributed by atoms with Crippen LogP contribution >= 0.6 is 11.5 Å². The van der Waals surface area contributed by atoms with E-state index in [2.05, 4.69) is 73.7 Å². The molecule has 0 saturated heterocycles. The summed E-state index contributed by atoms with van der Waals surface area (Å²) in [6.07, 6.45) is 1.80. The van der Waals surface area contributed by atoms with E-state index in [4.69, 9.17) is 9.97 Å². The molecule has 1 unspecified atom stereocenters. The highest BCUT2D eigenvalue weighted by molar-refractivity contribution is 7.09. The summed E-state index contributed by atoms with van der Waals surface area (Å²) >= 11 is 1.39. The minimum atomic E-state index is -0.0264. The number of nitrogens with zero attached hydrogens (tertiary/aromatic N) is 5. The fourth-order valence-corrected chi connectivity index (χ4v) is 5.07. The average molecular weight is 451 g/mol. The number of aromatic amines is 1. The molecule has 6 nitrogen and oxygen atoms in total. The monoisotopic (exact) mass is 450 g/mol. The van der Waals surface area contributed by atoms with Gasteiger partial charge in [-0.2, -0.15) is 0 Å². The molecule has 1 N–H and O–H groups in total. The molecule has 3 heterocycles. The quantitative estimate of drug-likeness (QED) is 0.340. The molecule has 0 aliphatic rings. The van der Waals surface area contributed by atoms with Gasteiger partial charge in [0.25, 0.3) is 0 Å². The predicted octanol–water partition coefficient (Wildman–Crippen LogP) is 5.96. The molecule has 3 aromatic carbocycles. The second-order valence-corrected chi connectivity index (χ2v) is 8.91. The molecule has 0 aliphatic heterocycles. The van der Waals surface area contributed by atoms with Gasteiger partial charge in [0.15, 0.2) is 5.82 Å². The Labute approximate surface area is 195 Å². The van der Waals surface area contributed by atoms with Crippen molar-refractivity contribution < 1.29 is 0 Å². The minimum absolute atomic E-state index is 0.0264. The van der Waals surface area contributed by atoms with E-state index in [0.29, 0.717) is 0 Å². The van der Waals surface area contributed by atoms with Crippen LogP contribution in [0.3, 0.4) is 0 Å². The Balaban J connectivity index is 1.55. The number of aryl methyl sites for hydroxylation is 2. The summed E-state index contributed by atoms with van der Waals surface area (Å²) in [5, 5.41) is 4.26. The van der Waals surface area contributed by atoms with Crippen LogP contribution in [0.15, 0.2) is 78.9 Å². The van der Waals surface area contributed by atoms with Gasteiger partial charge in [-0.3, -0.25) is 0 Å². The third-order valence-corrected chi connectivity index (χ3v) is 6.86. The molecular formula is C26H22N6S. The molecule has 3 aromatic heterocycles. The summed E-state index contributed by atoms with van der Waals surface area (Å²) in [5.74, 6) is 1.83. The number of fused-ring (bicyclic) bond motifs is 2. The van der Waals surface area contributed by atoms with Gasteiger partial charge in [0.1, 0.15) is 10.7 Å². The Bertz CT molecular complexity index is 1510. The first-order chi connectivity index (χ1) is 16.3. The van der Waals surface area contributed by atoms with Crippen LogP contribution in [-0.2, 0) is 6.42 Å². The van der Waals surface area contributed by atoms with E-state index in [1.54, 1.807) is 0 Å². The second-order valence-electron chi connectivity index (χ2n) is 8.16. The van der Waals surface area contributed by atoms with E-state index in [-0.39, 0.29) is 6.04 Å². The third-order valence-electron chi connectivity index (χ3n) is 6.03. The first-order valence-electron chi connectivity index (χ1n) is 11.0. The van der Waals surface area contributed by atoms with Gasteiger partial charge in [-0.05, 0) is 61.1 Å². The van der Waals surface area contributed by atoms with Crippen molar-refractivity contribution in [1.29, 1.82) is 0 Å². The fraction of sp³-hybridized carbons (Fsp3) is 0.154. The van der Waals surface area contributed by atoms with Crippen LogP contribution in [0.2, 0.25) is 0 Å². The van der Waals surface area contributed by atoms with E-state index >= 15 is 0 Å². The normalized spacial score (nSPS) is 12.5. The molecular weight excluding hydrogens is 428 g/mol. The SMILES string of the molecule is Cc1nnsc1-c1nc2ccccc2n1C(CCc1ccccc1)c1nc2ccccc2[nH]1. The van der Waals surface area contributed by atoms with Crippen molar-refractivity contribution in [2.45, 2.75) is 25.8 Å². The molecule has 0 radical (unpaired) electrons. The van der Waals surface area contributed by atoms with Crippen molar-refractivity contribution in [2.75, 3.05) is 0 Å². The Morgan fingerprint density at radius 3 is 2.42 bits per heavy atom. The fourth-order valence-electron chi connectivity index (χ4n) is 4.42. The number of hydrogen-bond acceptors (Lipinski definition) is 5. The molecule has 0 fully saturated rings. The van der Waals surface area contributed by atoms with Crippen LogP contribution in [0.5, 0.6) is 0 Å². The molecule has 1 atom stereocenters. The maximum Gasteiger partial charge on any atom is 0.155 e. The molecule has 0 bridgehead atoms. The Morgan fingerprint density at radius 2 is 1.64 bits per heavy atom. The van der Waals surface area contributed by atoms with Crippen LogP contribution < -0.4 is 0 Å². The second kappa shape index (κ2) is 8.26. The van der Waals surface area contributed by atoms with E-state index < -0.39 is 0 Å². The van der Waals surface area contributed by atoms with Crippen molar-refractivity contribution in [3.8, 4) is 10.7 Å². The molecule has 0 saturated carbocycles. The van der Waals surface area contributed by atoms with Crippen LogP contribution in [0.4, 0.5) is 0 Å². The van der Waals surface area contributed by atoms with E-state index in [1.807, 2.05) is 31.2 Å². The number of imidazole rings is 2. The van der Waals surface area contributed by atoms with Crippen molar-refractivity contribution in [3.05, 3.63) is 95.9 Å². The van der Waals surface area contributed by atoms with Gasteiger partial charge in [-0.25, -0.2) is 9.97 Å². The van der Waals surface area contributed by atoms with Crippen molar-refractivity contribution in [3.63, 3.8) is 0 Å². The minimum Gasteiger partial charge on any atom is -0.340 e. The maximum absolute atomic E-state index is 5.02. The van der Waals surface area contributed by atoms with Gasteiger partial charge in [0.2, 0.25) is 0 Å². The van der Waals surface area contributed by atoms with Crippen LogP contribution in [0.25, 0.3) is 32.8 Å². The number of benzene rings is 3. The van der Waals surface area contributed by atoms with Crippen LogP contribution in [0, 0.1) is 6.92 Å². The third kappa shape index (κ3) is 3.60. The van der Waals surface area contributed by atoms with Gasteiger partial charge in [0.05, 0.1) is 33.8 Å². The lowest BCUT2D eigenvalue weighted by Gasteiger charge is -2.20. The first-order valence-corrected chi connectivity index (χ1v) is 11.8. The summed E-state index contributed by atoms with van der Waals surface area (Å²) in [6.45, 7) is 1.99. The zero-order valence-electron chi connectivity index (χ0n) is 18.1. The van der Waals surface area contributed by atoms with E-state index in [0.717, 1.165) is 57.1 Å². The van der Waals surface area contributed by atoms with Gasteiger partial charge in [-0.15, -0.1) is 5.10 Å². The maximum atomic E-state index is 5.02. The lowest BCUT2D eigenvalue weighted by molar-refractivity contribution is 0.535. The standard InChI is InChI=1S/C26H22N6S/c1-17-24(33-31-30-17)26-29-21-13-7-8-14-22(21)32(26)23(16-15-18-9-3-2-4-10-18)25-27-19-11-5-6-12-20(19)28-25/h2-14,23H,15-16H2,1H3,(H,27,28). The number of para-hydroxylation sites is 4. The lowest BCUT2D eigenvalue weighted by Crippen LogP contribution is -2.15. The number of aromatic nitrogens is 6. The molecule has 7 heteroatoms. The van der Waals surface area contributed by atoms with Crippen LogP contribution in [0.1, 0.15) is 29.5 Å². The Hall–Kier alpha value is -3.84. The summed E-state index contributed by atoms with van der Waals surface area (Å²) < 4.78 is 6.50. The molecule has 0 spiro atoms. The predicted molar refractivity (Wildman–Crippen MR) is 132 cm³/mol. The molecule has 6 rings (SSSR count). The Kier molecular flexibility index (Phi) is 4.96. The van der Waals surface area contributed by atoms with Gasteiger partial charge in [-0.1, -0.05) is 59.1 Å². The smallest absolute Gasteiger partial charge is 0.155 e. The first kappa shape index (κ1) is 19.8. The summed E-state index contributed by atoms with van der Waals surface area (Å²) in [5.41, 5.74) is 6.25. The molecule has 6 aromatic rings. The van der Waals surface area contributed by atoms with Crippen molar-refractivity contribution in [1.82, 2.24) is 29.1 Å². The van der Waals surface area contributed by atoms with Crippen LogP contribution in [-0.4, -0.2) is 29.1 Å². The molecule has 33 heavy (non-hydrogen) atoms. The topological polar surface area (TPSA) is 72.3 Å². The molecule has 0 amide bonds. The van der Waals surface area contributed by atoms with E-state index in [1.165, 1.54) is 17.1 Å². The summed E-state index contributed by atoms with van der Waals surface area (Å²) in [6, 6.07) is 27.0. The number of nitrogens with one attached hydrogen (secondary N) is 1. The highest BCUT2D eigenvalue weighted by Gasteiger charge is 2.26. The largest absolute Gasteiger partial charge is 0.340 e. The number of H-pyrrole nitrogens is 1. The lowest BCUT2D eigenvalue weighted by atomic mass is 10.0. The van der Waals surface area contributed by atoms with Crippen molar-refractivity contribution in [2.24, 2.45) is 0 Å². The molecule has 162 valence electrons. The number of rotatable bonds is 6. The van der Waals surface area contributed by atoms with Crippen molar-refractivity contribution >= 4 is 33.6 Å². The van der Waals surface area contributed by atoms with Gasteiger partial charge in [0, 0.05) is 0 Å². The zero-order valence-corrected chi connectivity index (χ0v) is 19.0. The molecule has 0 aliphatic carbocycles. The van der Waals surface area contributed by atoms with E-state index in [9.17, 15) is 0 Å². The average Bonchev–Trinajstić information content (AvgIpc) is 3.56. The summed E-state index contributed by atoms with van der Waals surface area (Å²) in [7, 11) is 0. The highest BCUT2D eigenvalue weighted by Crippen LogP contribution is 2.36.